The zero-order valence-electron chi connectivity index (χ0n) is 9.16. The molecule has 0 saturated carbocycles. The van der Waals surface area contributed by atoms with Crippen molar-refractivity contribution in [1.82, 2.24) is 5.32 Å². The number of rotatable bonds is 7. The van der Waals surface area contributed by atoms with Crippen molar-refractivity contribution in [3.8, 4) is 0 Å². The summed E-state index contributed by atoms with van der Waals surface area (Å²) in [6, 6.07) is 0. The summed E-state index contributed by atoms with van der Waals surface area (Å²) in [4.78, 5) is 10.6. The van der Waals surface area contributed by atoms with Crippen LogP contribution in [0, 0.1) is 0 Å². The van der Waals surface area contributed by atoms with Crippen molar-refractivity contribution in [1.29, 1.82) is 0 Å². The maximum atomic E-state index is 10.6. The van der Waals surface area contributed by atoms with Gasteiger partial charge in [0, 0.05) is 18.7 Å². The minimum Gasteiger partial charge on any atom is -0.478 e. The number of aliphatic carboxylic acids is 1. The van der Waals surface area contributed by atoms with Crippen molar-refractivity contribution in [2.45, 2.75) is 25.9 Å². The van der Waals surface area contributed by atoms with Gasteiger partial charge in [0.1, 0.15) is 0 Å². The number of hydrogen-bond acceptors (Lipinski definition) is 4. The molecule has 5 heteroatoms. The second-order valence-electron chi connectivity index (χ2n) is 3.67. The first-order valence-electron chi connectivity index (χ1n) is 4.89. The number of aliphatic hydroxyl groups excluding tert-OH is 1. The van der Waals surface area contributed by atoms with Gasteiger partial charge < -0.3 is 20.6 Å². The van der Waals surface area contributed by atoms with Gasteiger partial charge in [0.15, 0.2) is 0 Å². The molecule has 0 radical (unpaired) electrons. The highest BCUT2D eigenvalue weighted by molar-refractivity contribution is 5.86. The Labute approximate surface area is 89.4 Å². The average Bonchev–Trinajstić information content (AvgIpc) is 2.17. The van der Waals surface area contributed by atoms with E-state index in [0.717, 1.165) is 0 Å². The molecule has 1 atom stereocenters. The predicted octanol–water partition coefficient (Wildman–Crippen LogP) is -0.260. The van der Waals surface area contributed by atoms with E-state index in [1.807, 2.05) is 0 Å². The molecule has 0 fully saturated rings. The molecule has 1 unspecified atom stereocenters. The fourth-order valence-corrected chi connectivity index (χ4v) is 0.976. The Morgan fingerprint density at radius 2 is 2.13 bits per heavy atom. The van der Waals surface area contributed by atoms with Crippen LogP contribution in [-0.4, -0.2) is 46.6 Å². The average molecular weight is 217 g/mol. The smallest absolute Gasteiger partial charge is 0.331 e. The molecule has 0 aliphatic carbocycles. The van der Waals surface area contributed by atoms with Crippen LogP contribution in [0.25, 0.3) is 0 Å². The van der Waals surface area contributed by atoms with Gasteiger partial charge >= 0.3 is 5.97 Å². The molecule has 0 saturated heterocycles. The first-order chi connectivity index (χ1) is 6.93. The minimum absolute atomic E-state index is 0.219. The van der Waals surface area contributed by atoms with Gasteiger partial charge in [-0.2, -0.15) is 0 Å². The van der Waals surface area contributed by atoms with E-state index in [9.17, 15) is 9.90 Å². The van der Waals surface area contributed by atoms with Gasteiger partial charge in [-0.3, -0.25) is 0 Å². The van der Waals surface area contributed by atoms with Crippen LogP contribution in [0.3, 0.4) is 0 Å². The van der Waals surface area contributed by atoms with Crippen LogP contribution in [0.1, 0.15) is 20.3 Å². The summed E-state index contributed by atoms with van der Waals surface area (Å²) in [6.45, 7) is 3.52. The predicted molar refractivity (Wildman–Crippen MR) is 56.6 cm³/mol. The molecule has 0 bridgehead atoms. The van der Waals surface area contributed by atoms with Gasteiger partial charge in [-0.05, 0) is 13.3 Å². The summed E-state index contributed by atoms with van der Waals surface area (Å²) >= 11 is 0. The molecule has 88 valence electrons. The van der Waals surface area contributed by atoms with Crippen LogP contribution in [0.4, 0.5) is 0 Å². The van der Waals surface area contributed by atoms with E-state index < -0.39 is 11.6 Å². The van der Waals surface area contributed by atoms with Crippen LogP contribution in [-0.2, 0) is 4.79 Å². The zero-order chi connectivity index (χ0) is 11.9. The number of carboxylic acid groups (broad SMARTS) is 1. The first kappa shape index (κ1) is 14.1. The lowest BCUT2D eigenvalue weighted by atomic mass is 10.1. The largest absolute Gasteiger partial charge is 0.478 e. The van der Waals surface area contributed by atoms with Crippen molar-refractivity contribution < 1.29 is 20.1 Å². The molecule has 4 N–H and O–H groups in total. The third-order valence-corrected chi connectivity index (χ3v) is 1.99. The Balaban J connectivity index is 3.92. The molecule has 0 aliphatic rings. The zero-order valence-corrected chi connectivity index (χ0v) is 9.16. The van der Waals surface area contributed by atoms with E-state index in [1.54, 1.807) is 13.0 Å². The fourth-order valence-electron chi connectivity index (χ4n) is 0.976. The molecule has 15 heavy (non-hydrogen) atoms. The van der Waals surface area contributed by atoms with Gasteiger partial charge in [0.2, 0.25) is 0 Å². The maximum Gasteiger partial charge on any atom is 0.331 e. The van der Waals surface area contributed by atoms with Crippen molar-refractivity contribution in [3.05, 3.63) is 11.6 Å². The molecule has 0 aromatic rings. The van der Waals surface area contributed by atoms with Crippen molar-refractivity contribution >= 4 is 5.97 Å². The highest BCUT2D eigenvalue weighted by Crippen LogP contribution is 2.00. The number of hydrogen-bond donors (Lipinski definition) is 4. The van der Waals surface area contributed by atoms with Gasteiger partial charge in [-0.15, -0.1) is 0 Å². The maximum absolute atomic E-state index is 10.6. The molecule has 0 amide bonds. The van der Waals surface area contributed by atoms with Crippen LogP contribution in [0.5, 0.6) is 0 Å². The van der Waals surface area contributed by atoms with Crippen LogP contribution in [0.2, 0.25) is 0 Å². The van der Waals surface area contributed by atoms with Gasteiger partial charge in [0.25, 0.3) is 0 Å². The lowest BCUT2D eigenvalue weighted by Crippen LogP contribution is -2.41. The summed E-state index contributed by atoms with van der Waals surface area (Å²) in [5, 5.41) is 29.7. The third-order valence-electron chi connectivity index (χ3n) is 1.99. The Hall–Kier alpha value is -0.910. The van der Waals surface area contributed by atoms with E-state index in [1.165, 1.54) is 6.92 Å². The summed E-state index contributed by atoms with van der Waals surface area (Å²) in [6.07, 6.45) is 2.03. The van der Waals surface area contributed by atoms with Crippen LogP contribution in [0.15, 0.2) is 11.6 Å². The fraction of sp³-hybridized carbons (Fsp3) is 0.700. The quantitative estimate of drug-likeness (QED) is 0.348. The van der Waals surface area contributed by atoms with Crippen LogP contribution >= 0.6 is 0 Å². The first-order valence-corrected chi connectivity index (χ1v) is 4.89. The van der Waals surface area contributed by atoms with E-state index in [2.05, 4.69) is 5.32 Å². The number of nitrogens with one attached hydrogen (secondary N) is 1. The molecule has 0 aromatic carbocycles. The summed E-state index contributed by atoms with van der Waals surface area (Å²) < 4.78 is 0. The molecular formula is C10H19NO4. The van der Waals surface area contributed by atoms with Crippen molar-refractivity contribution in [2.75, 3.05) is 19.7 Å². The van der Waals surface area contributed by atoms with E-state index in [-0.39, 0.29) is 13.2 Å². The molecule has 0 heterocycles. The normalized spacial score (nSPS) is 16.1. The Kier molecular flexibility index (Phi) is 6.15. The number of carboxylic acids is 1. The molecular weight excluding hydrogens is 198 g/mol. The molecule has 5 nitrogen and oxygen atoms in total. The summed E-state index contributed by atoms with van der Waals surface area (Å²) in [5.41, 5.74) is -0.824. The molecule has 0 spiro atoms. The van der Waals surface area contributed by atoms with E-state index in [4.69, 9.17) is 10.2 Å². The van der Waals surface area contributed by atoms with Crippen molar-refractivity contribution in [3.63, 3.8) is 0 Å². The van der Waals surface area contributed by atoms with E-state index in [0.29, 0.717) is 18.5 Å². The van der Waals surface area contributed by atoms with Gasteiger partial charge in [0.05, 0.1) is 12.2 Å². The second-order valence-corrected chi connectivity index (χ2v) is 3.67. The highest BCUT2D eigenvalue weighted by atomic mass is 16.4. The topological polar surface area (TPSA) is 89.8 Å². The Bertz CT molecular complexity index is 236. The monoisotopic (exact) mass is 217 g/mol. The SMILES string of the molecule is CCC(=CCNCC(C)(O)CO)C(=O)O. The highest BCUT2D eigenvalue weighted by Gasteiger charge is 2.17. The second kappa shape index (κ2) is 6.55. The molecule has 0 aliphatic heterocycles. The Morgan fingerprint density at radius 3 is 2.53 bits per heavy atom. The van der Waals surface area contributed by atoms with Crippen molar-refractivity contribution in [2.24, 2.45) is 0 Å². The summed E-state index contributed by atoms with van der Waals surface area (Å²) in [5.74, 6) is -0.923. The summed E-state index contributed by atoms with van der Waals surface area (Å²) in [7, 11) is 0. The third kappa shape index (κ3) is 6.22. The Morgan fingerprint density at radius 1 is 1.53 bits per heavy atom. The lowest BCUT2D eigenvalue weighted by molar-refractivity contribution is -0.132. The van der Waals surface area contributed by atoms with Crippen LogP contribution < -0.4 is 5.32 Å². The van der Waals surface area contributed by atoms with Gasteiger partial charge in [-0.25, -0.2) is 4.79 Å². The number of carbonyl (C=O) groups is 1. The lowest BCUT2D eigenvalue weighted by Gasteiger charge is -2.20. The molecule has 0 aromatic heterocycles. The minimum atomic E-state index is -1.16. The standard InChI is InChI=1S/C10H19NO4/c1-3-8(9(13)14)4-5-11-6-10(2,15)7-12/h4,11-12,15H,3,5-7H2,1-2H3,(H,13,14). The van der Waals surface area contributed by atoms with E-state index >= 15 is 0 Å². The van der Waals surface area contributed by atoms with Gasteiger partial charge in [-0.1, -0.05) is 13.0 Å². The molecule has 0 rings (SSSR count). The number of aliphatic hydroxyl groups is 2.